The van der Waals surface area contributed by atoms with Gasteiger partial charge in [0.2, 0.25) is 0 Å². The van der Waals surface area contributed by atoms with Crippen LogP contribution in [-0.4, -0.2) is 34.8 Å². The minimum Gasteiger partial charge on any atom is -0.395 e. The Labute approximate surface area is 202 Å². The third kappa shape index (κ3) is 6.32. The van der Waals surface area contributed by atoms with Gasteiger partial charge >= 0.3 is 0 Å². The average Bonchev–Trinajstić information content (AvgIpc) is 2.75. The van der Waals surface area contributed by atoms with Crippen molar-refractivity contribution in [1.29, 1.82) is 0 Å². The molecule has 3 aromatic carbocycles. The third-order valence-electron chi connectivity index (χ3n) is 4.52. The van der Waals surface area contributed by atoms with E-state index >= 15 is 0 Å². The molecule has 0 aliphatic carbocycles. The summed E-state index contributed by atoms with van der Waals surface area (Å²) in [5, 5.41) is 11.5. The van der Waals surface area contributed by atoms with Crippen molar-refractivity contribution in [2.45, 2.75) is 10.1 Å². The molecule has 33 heavy (non-hydrogen) atoms. The predicted molar refractivity (Wildman–Crippen MR) is 129 cm³/mol. The summed E-state index contributed by atoms with van der Waals surface area (Å²) in [4.78, 5) is 12.9. The van der Waals surface area contributed by atoms with Crippen LogP contribution in [0.1, 0.15) is 21.2 Å². The second kappa shape index (κ2) is 10.6. The second-order valence-corrected chi connectivity index (χ2v) is 10.5. The van der Waals surface area contributed by atoms with Gasteiger partial charge in [-0.05, 0) is 60.2 Å². The van der Waals surface area contributed by atoms with Crippen molar-refractivity contribution in [3.63, 3.8) is 0 Å². The van der Waals surface area contributed by atoms with Crippen LogP contribution in [-0.2, 0) is 21.1 Å². The average molecular weight is 529 g/mol. The van der Waals surface area contributed by atoms with Crippen molar-refractivity contribution in [2.24, 2.45) is 0 Å². The van der Waals surface area contributed by atoms with Crippen molar-refractivity contribution in [3.05, 3.63) is 87.9 Å². The number of hydrogen-bond acceptors (Lipinski definition) is 5. The number of rotatable bonds is 8. The topological polar surface area (TPSA) is 133 Å². The summed E-state index contributed by atoms with van der Waals surface area (Å²) in [5.74, 6) is -0.672. The molecule has 3 rings (SSSR count). The first kappa shape index (κ1) is 25.2. The Morgan fingerprint density at radius 3 is 2.30 bits per heavy atom. The number of amides is 1. The van der Waals surface area contributed by atoms with Crippen molar-refractivity contribution >= 4 is 61.6 Å². The number of nitrogens with one attached hydrogen (secondary N) is 2. The molecular formula is C21H18Cl2N2O6S2. The van der Waals surface area contributed by atoms with Crippen LogP contribution in [0.2, 0.25) is 10.0 Å². The highest BCUT2D eigenvalue weighted by atomic mass is 35.5. The molecule has 0 fully saturated rings. The Morgan fingerprint density at radius 1 is 1.00 bits per heavy atom. The fourth-order valence-corrected chi connectivity index (χ4v) is 4.80. The molecule has 0 aliphatic heterocycles. The van der Waals surface area contributed by atoms with Crippen molar-refractivity contribution in [2.75, 3.05) is 16.6 Å². The van der Waals surface area contributed by atoms with Crippen molar-refractivity contribution in [3.8, 4) is 0 Å². The van der Waals surface area contributed by atoms with E-state index in [-0.39, 0.29) is 26.9 Å². The quantitative estimate of drug-likeness (QED) is 0.322. The molecule has 174 valence electrons. The van der Waals surface area contributed by atoms with Crippen molar-refractivity contribution < 1.29 is 27.1 Å². The van der Waals surface area contributed by atoms with Crippen LogP contribution >= 0.6 is 23.2 Å². The maximum absolute atomic E-state index is 13.0. The van der Waals surface area contributed by atoms with Gasteiger partial charge in [-0.15, -0.1) is 0 Å². The molecule has 2 atom stereocenters. The number of aliphatic hydroxyl groups excluding tert-OH is 1. The number of sulfonamides is 1. The summed E-state index contributed by atoms with van der Waals surface area (Å²) in [7, 11) is -4.02. The maximum Gasteiger partial charge on any atom is 0.261 e. The fourth-order valence-electron chi connectivity index (χ4n) is 2.91. The van der Waals surface area contributed by atoms with Gasteiger partial charge in [0.1, 0.15) is 5.25 Å². The number of aliphatic hydroxyl groups is 1. The van der Waals surface area contributed by atoms with Gasteiger partial charge in [-0.3, -0.25) is 9.52 Å². The van der Waals surface area contributed by atoms with Gasteiger partial charge in [0.25, 0.3) is 15.9 Å². The number of carbonyl (C=O) groups is 1. The van der Waals surface area contributed by atoms with Gasteiger partial charge in [0.05, 0.1) is 22.8 Å². The van der Waals surface area contributed by atoms with Crippen LogP contribution < -0.4 is 10.0 Å². The van der Waals surface area contributed by atoms with Crippen LogP contribution in [0, 0.1) is 0 Å². The van der Waals surface area contributed by atoms with Gasteiger partial charge in [-0.25, -0.2) is 12.6 Å². The minimum absolute atomic E-state index is 0.00676. The number of hydrogen-bond donors (Lipinski definition) is 4. The molecule has 12 heteroatoms. The molecule has 0 spiro atoms. The van der Waals surface area contributed by atoms with Crippen LogP contribution in [0.15, 0.2) is 71.6 Å². The molecule has 1 amide bonds. The molecule has 0 saturated carbocycles. The van der Waals surface area contributed by atoms with Crippen LogP contribution in [0.5, 0.6) is 0 Å². The van der Waals surface area contributed by atoms with Gasteiger partial charge < -0.3 is 15.0 Å². The standard InChI is InChI=1S/C21H18Cl2N2O6S2/c22-14-4-7-17(8-5-14)33(30,31)25-19-9-6-15(23)11-18(19)21(27)24-16-3-1-2-13(10-16)20(12-26)32(28)29/h1-11,20,25-26H,12H2,(H,24,27)(H,28,29). The first-order valence-corrected chi connectivity index (χ1v) is 12.7. The maximum atomic E-state index is 13.0. The molecule has 4 N–H and O–H groups in total. The highest BCUT2D eigenvalue weighted by Crippen LogP contribution is 2.27. The summed E-state index contributed by atoms with van der Waals surface area (Å²) in [5.41, 5.74) is 0.557. The zero-order chi connectivity index (χ0) is 24.2. The molecular weight excluding hydrogens is 511 g/mol. The Morgan fingerprint density at radius 2 is 1.67 bits per heavy atom. The molecule has 0 saturated heterocycles. The lowest BCUT2D eigenvalue weighted by molar-refractivity contribution is 0.102. The Bertz CT molecular complexity index is 1300. The highest BCUT2D eigenvalue weighted by Gasteiger charge is 2.21. The normalized spacial score (nSPS) is 13.2. The van der Waals surface area contributed by atoms with E-state index < -0.39 is 38.9 Å². The molecule has 0 aliphatic rings. The molecule has 8 nitrogen and oxygen atoms in total. The van der Waals surface area contributed by atoms with E-state index in [1.807, 2.05) is 0 Å². The highest BCUT2D eigenvalue weighted by molar-refractivity contribution is 7.92. The Kier molecular flexibility index (Phi) is 8.11. The van der Waals surface area contributed by atoms with E-state index in [1.54, 1.807) is 6.07 Å². The minimum atomic E-state index is -4.02. The van der Waals surface area contributed by atoms with E-state index in [9.17, 15) is 27.1 Å². The Hall–Kier alpha value is -2.47. The lowest BCUT2D eigenvalue weighted by Gasteiger charge is -2.15. The van der Waals surface area contributed by atoms with Gasteiger partial charge in [-0.1, -0.05) is 35.3 Å². The first-order chi connectivity index (χ1) is 15.6. The third-order valence-corrected chi connectivity index (χ3v) is 7.30. The van der Waals surface area contributed by atoms with Crippen LogP contribution in [0.25, 0.3) is 0 Å². The molecule has 2 unspecified atom stereocenters. The lowest BCUT2D eigenvalue weighted by atomic mass is 10.1. The molecule has 0 radical (unpaired) electrons. The number of anilines is 2. The summed E-state index contributed by atoms with van der Waals surface area (Å²) in [6.45, 7) is -0.564. The summed E-state index contributed by atoms with van der Waals surface area (Å²) < 4.78 is 48.6. The predicted octanol–water partition coefficient (Wildman–Crippen LogP) is 4.30. The van der Waals surface area contributed by atoms with E-state index in [1.165, 1.54) is 60.7 Å². The van der Waals surface area contributed by atoms with Crippen molar-refractivity contribution in [1.82, 2.24) is 0 Å². The second-order valence-electron chi connectivity index (χ2n) is 6.78. The largest absolute Gasteiger partial charge is 0.395 e. The summed E-state index contributed by atoms with van der Waals surface area (Å²) in [6.07, 6.45) is 0. The van der Waals surface area contributed by atoms with Gasteiger partial charge in [0, 0.05) is 15.7 Å². The summed E-state index contributed by atoms with van der Waals surface area (Å²) in [6, 6.07) is 15.7. The fraction of sp³-hybridized carbons (Fsp3) is 0.0952. The molecule has 0 bridgehead atoms. The smallest absolute Gasteiger partial charge is 0.261 e. The van der Waals surface area contributed by atoms with E-state index in [0.29, 0.717) is 10.6 Å². The molecule has 0 aromatic heterocycles. The number of benzene rings is 3. The molecule has 0 heterocycles. The SMILES string of the molecule is O=C(Nc1cccc(C(CO)S(=O)O)c1)c1cc(Cl)ccc1NS(=O)(=O)c1ccc(Cl)cc1. The van der Waals surface area contributed by atoms with E-state index in [0.717, 1.165) is 0 Å². The summed E-state index contributed by atoms with van der Waals surface area (Å²) >= 11 is 9.53. The van der Waals surface area contributed by atoms with Gasteiger partial charge in [0.15, 0.2) is 11.1 Å². The lowest BCUT2D eigenvalue weighted by Crippen LogP contribution is -2.19. The van der Waals surface area contributed by atoms with Gasteiger partial charge in [-0.2, -0.15) is 0 Å². The van der Waals surface area contributed by atoms with Crippen LogP contribution in [0.4, 0.5) is 11.4 Å². The molecule has 3 aromatic rings. The first-order valence-electron chi connectivity index (χ1n) is 9.30. The zero-order valence-corrected chi connectivity index (χ0v) is 19.9. The zero-order valence-electron chi connectivity index (χ0n) is 16.7. The number of carbonyl (C=O) groups excluding carboxylic acids is 1. The van der Waals surface area contributed by atoms with Crippen LogP contribution in [0.3, 0.4) is 0 Å². The number of halogens is 2. The van der Waals surface area contributed by atoms with E-state index in [2.05, 4.69) is 10.0 Å². The Balaban J connectivity index is 1.90. The monoisotopic (exact) mass is 528 g/mol. The van der Waals surface area contributed by atoms with E-state index in [4.69, 9.17) is 23.2 Å².